The molecule has 0 saturated heterocycles. The largest absolute Gasteiger partial charge is 0.390 e. The Morgan fingerprint density at radius 2 is 1.87 bits per heavy atom. The first-order valence-electron chi connectivity index (χ1n) is 7.94. The molecule has 0 aromatic heterocycles. The van der Waals surface area contributed by atoms with Gasteiger partial charge >= 0.3 is 6.03 Å². The van der Waals surface area contributed by atoms with Crippen LogP contribution in [-0.4, -0.2) is 17.2 Å². The second-order valence-corrected chi connectivity index (χ2v) is 6.14. The lowest BCUT2D eigenvalue weighted by molar-refractivity contribution is 0.142. The summed E-state index contributed by atoms with van der Waals surface area (Å²) in [6.45, 7) is 3.99. The second-order valence-electron chi connectivity index (χ2n) is 6.14. The maximum atomic E-state index is 12.3. The van der Waals surface area contributed by atoms with Crippen LogP contribution in [0.2, 0.25) is 0 Å². The van der Waals surface area contributed by atoms with E-state index in [1.165, 1.54) is 0 Å². The number of aliphatic hydroxyl groups excluding tert-OH is 1. The van der Waals surface area contributed by atoms with Crippen LogP contribution in [0.3, 0.4) is 0 Å². The van der Waals surface area contributed by atoms with Gasteiger partial charge in [-0.15, -0.1) is 0 Å². The highest BCUT2D eigenvalue weighted by atomic mass is 16.3. The maximum Gasteiger partial charge on any atom is 0.315 e. The smallest absolute Gasteiger partial charge is 0.315 e. The van der Waals surface area contributed by atoms with Crippen LogP contribution in [0, 0.1) is 6.92 Å². The van der Waals surface area contributed by atoms with E-state index < -0.39 is 6.10 Å². The highest BCUT2D eigenvalue weighted by Gasteiger charge is 2.32. The lowest BCUT2D eigenvalue weighted by atomic mass is 10.0. The van der Waals surface area contributed by atoms with Crippen molar-refractivity contribution < 1.29 is 9.90 Å². The highest BCUT2D eigenvalue weighted by molar-refractivity contribution is 5.75. The van der Waals surface area contributed by atoms with Gasteiger partial charge in [-0.05, 0) is 36.1 Å². The molecule has 2 aromatic rings. The van der Waals surface area contributed by atoms with E-state index in [0.29, 0.717) is 6.42 Å². The fraction of sp³-hybridized carbons (Fsp3) is 0.316. The van der Waals surface area contributed by atoms with Crippen molar-refractivity contribution in [3.05, 3.63) is 70.8 Å². The van der Waals surface area contributed by atoms with Crippen molar-refractivity contribution in [1.82, 2.24) is 10.6 Å². The number of aliphatic hydroxyl groups is 1. The number of urea groups is 1. The quantitative estimate of drug-likeness (QED) is 0.816. The third-order valence-corrected chi connectivity index (χ3v) is 4.49. The van der Waals surface area contributed by atoms with Gasteiger partial charge in [-0.3, -0.25) is 0 Å². The molecule has 2 amide bonds. The first-order chi connectivity index (χ1) is 11.1. The Bertz CT molecular complexity index is 714. The van der Waals surface area contributed by atoms with E-state index in [0.717, 1.165) is 22.3 Å². The lowest BCUT2D eigenvalue weighted by Gasteiger charge is -2.21. The van der Waals surface area contributed by atoms with E-state index in [2.05, 4.69) is 10.6 Å². The summed E-state index contributed by atoms with van der Waals surface area (Å²) in [5.74, 6) is 0. The van der Waals surface area contributed by atoms with Gasteiger partial charge in [0.25, 0.3) is 0 Å². The van der Waals surface area contributed by atoms with Gasteiger partial charge in [-0.1, -0.05) is 48.5 Å². The van der Waals surface area contributed by atoms with Gasteiger partial charge in [0.15, 0.2) is 0 Å². The van der Waals surface area contributed by atoms with Crippen LogP contribution in [-0.2, 0) is 6.42 Å². The van der Waals surface area contributed by atoms with Gasteiger partial charge in [0.1, 0.15) is 0 Å². The fourth-order valence-electron chi connectivity index (χ4n) is 3.28. The van der Waals surface area contributed by atoms with Crippen molar-refractivity contribution >= 4 is 6.03 Å². The van der Waals surface area contributed by atoms with Crippen LogP contribution in [0.4, 0.5) is 4.79 Å². The van der Waals surface area contributed by atoms with Crippen LogP contribution in [0.25, 0.3) is 0 Å². The molecule has 0 aliphatic heterocycles. The zero-order valence-corrected chi connectivity index (χ0v) is 13.4. The summed E-state index contributed by atoms with van der Waals surface area (Å²) in [5.41, 5.74) is 4.33. The molecule has 0 heterocycles. The van der Waals surface area contributed by atoms with Crippen molar-refractivity contribution in [3.8, 4) is 0 Å². The number of carbonyl (C=O) groups is 1. The third-order valence-electron chi connectivity index (χ3n) is 4.49. The van der Waals surface area contributed by atoms with Crippen molar-refractivity contribution in [2.45, 2.75) is 38.5 Å². The molecule has 1 aliphatic carbocycles. The first kappa shape index (κ1) is 15.6. The molecular weight excluding hydrogens is 288 g/mol. The predicted molar refractivity (Wildman–Crippen MR) is 90.2 cm³/mol. The Hall–Kier alpha value is -2.33. The molecule has 120 valence electrons. The van der Waals surface area contributed by atoms with Gasteiger partial charge in [-0.25, -0.2) is 4.79 Å². The van der Waals surface area contributed by atoms with Crippen molar-refractivity contribution in [3.63, 3.8) is 0 Å². The Labute approximate surface area is 136 Å². The molecule has 0 bridgehead atoms. The Morgan fingerprint density at radius 1 is 1.17 bits per heavy atom. The number of aryl methyl sites for hydroxylation is 1. The molecule has 0 radical (unpaired) electrons. The van der Waals surface area contributed by atoms with E-state index >= 15 is 0 Å². The summed E-state index contributed by atoms with van der Waals surface area (Å²) < 4.78 is 0. The van der Waals surface area contributed by atoms with Gasteiger partial charge in [0, 0.05) is 6.42 Å². The lowest BCUT2D eigenvalue weighted by Crippen LogP contribution is -2.41. The number of nitrogens with one attached hydrogen (secondary N) is 2. The molecule has 3 N–H and O–H groups in total. The van der Waals surface area contributed by atoms with Crippen LogP contribution in [0.5, 0.6) is 0 Å². The topological polar surface area (TPSA) is 61.4 Å². The molecule has 23 heavy (non-hydrogen) atoms. The molecule has 3 atom stereocenters. The van der Waals surface area contributed by atoms with Crippen molar-refractivity contribution in [2.75, 3.05) is 0 Å². The highest BCUT2D eigenvalue weighted by Crippen LogP contribution is 2.31. The van der Waals surface area contributed by atoms with E-state index in [9.17, 15) is 9.90 Å². The molecule has 0 spiro atoms. The van der Waals surface area contributed by atoms with Crippen LogP contribution in [0.1, 0.15) is 41.3 Å². The first-order valence-corrected chi connectivity index (χ1v) is 7.94. The predicted octanol–water partition coefficient (Wildman–Crippen LogP) is 3.01. The number of carbonyl (C=O) groups excluding carboxylic acids is 1. The summed E-state index contributed by atoms with van der Waals surface area (Å²) >= 11 is 0. The molecule has 0 saturated carbocycles. The van der Waals surface area contributed by atoms with E-state index in [1.807, 2.05) is 62.4 Å². The number of amides is 2. The number of hydrogen-bond acceptors (Lipinski definition) is 2. The molecule has 4 heteroatoms. The third kappa shape index (κ3) is 3.22. The van der Waals surface area contributed by atoms with E-state index in [1.54, 1.807) is 0 Å². The minimum absolute atomic E-state index is 0.0926. The summed E-state index contributed by atoms with van der Waals surface area (Å²) in [4.78, 5) is 12.3. The van der Waals surface area contributed by atoms with Crippen LogP contribution >= 0.6 is 0 Å². The molecule has 2 aromatic carbocycles. The summed E-state index contributed by atoms with van der Waals surface area (Å²) in [5, 5.41) is 16.1. The fourth-order valence-corrected chi connectivity index (χ4v) is 3.28. The number of rotatable bonds is 3. The zero-order chi connectivity index (χ0) is 16.4. The minimum atomic E-state index is -0.577. The Kier molecular flexibility index (Phi) is 4.35. The van der Waals surface area contributed by atoms with E-state index in [4.69, 9.17) is 0 Å². The summed E-state index contributed by atoms with van der Waals surface area (Å²) in [7, 11) is 0. The number of hydrogen-bond donors (Lipinski definition) is 3. The number of fused-ring (bicyclic) bond motifs is 1. The van der Waals surface area contributed by atoms with Gasteiger partial charge in [-0.2, -0.15) is 0 Å². The van der Waals surface area contributed by atoms with Crippen molar-refractivity contribution in [2.24, 2.45) is 0 Å². The van der Waals surface area contributed by atoms with Gasteiger partial charge in [0.2, 0.25) is 0 Å². The zero-order valence-electron chi connectivity index (χ0n) is 13.4. The standard InChI is InChI=1S/C19H22N2O2/c1-12-7-3-5-9-15(12)13(2)20-19(23)21-18-16-10-6-4-8-14(16)11-17(18)22/h3-10,13,17-18,22H,11H2,1-2H3,(H2,20,21,23)/t13?,17-,18+/m1/s1. The monoisotopic (exact) mass is 310 g/mol. The van der Waals surface area contributed by atoms with Gasteiger partial charge < -0.3 is 15.7 Å². The van der Waals surface area contributed by atoms with Crippen LogP contribution in [0.15, 0.2) is 48.5 Å². The average molecular weight is 310 g/mol. The Balaban J connectivity index is 1.67. The average Bonchev–Trinajstić information content (AvgIpc) is 2.83. The molecule has 0 fully saturated rings. The summed E-state index contributed by atoms with van der Waals surface area (Å²) in [6.07, 6.45) is 0.000916. The Morgan fingerprint density at radius 3 is 2.65 bits per heavy atom. The summed E-state index contributed by atoms with van der Waals surface area (Å²) in [6, 6.07) is 15.1. The van der Waals surface area contributed by atoms with Crippen LogP contribution < -0.4 is 10.6 Å². The molecule has 1 aliphatic rings. The van der Waals surface area contributed by atoms with Gasteiger partial charge in [0.05, 0.1) is 18.2 Å². The molecule has 3 rings (SSSR count). The SMILES string of the molecule is Cc1ccccc1C(C)NC(=O)N[C@H]1c2ccccc2C[C@H]1O. The molecular formula is C19H22N2O2. The molecule has 4 nitrogen and oxygen atoms in total. The second kappa shape index (κ2) is 6.42. The van der Waals surface area contributed by atoms with E-state index in [-0.39, 0.29) is 18.1 Å². The maximum absolute atomic E-state index is 12.3. The minimum Gasteiger partial charge on any atom is -0.390 e. The normalized spacial score (nSPS) is 20.7. The molecule has 1 unspecified atom stereocenters. The van der Waals surface area contributed by atoms with Crippen molar-refractivity contribution in [1.29, 1.82) is 0 Å². The number of benzene rings is 2.